The molecule has 0 radical (unpaired) electrons. The number of aliphatic hydroxyl groups is 2. The first-order valence-electron chi connectivity index (χ1n) is 3.30. The number of aliphatic hydroxyl groups excluding tert-OH is 2. The fraction of sp³-hybridized carbons (Fsp3) is 1.00. The van der Waals surface area contributed by atoms with Crippen molar-refractivity contribution in [3.05, 3.63) is 0 Å². The van der Waals surface area contributed by atoms with Crippen molar-refractivity contribution in [3.8, 4) is 0 Å². The largest absolute Gasteiger partial charge is 0.394 e. The second kappa shape index (κ2) is 3.27. The van der Waals surface area contributed by atoms with Crippen LogP contribution >= 0.6 is 0 Å². The maximum Gasteiger partial charge on any atom is 0.131 e. The van der Waals surface area contributed by atoms with Crippen LogP contribution in [0.4, 0.5) is 4.39 Å². The highest BCUT2D eigenvalue weighted by molar-refractivity contribution is 4.81. The van der Waals surface area contributed by atoms with Crippen molar-refractivity contribution < 1.29 is 19.3 Å². The lowest BCUT2D eigenvalue weighted by molar-refractivity contribution is -0.0485. The van der Waals surface area contributed by atoms with E-state index < -0.39 is 25.0 Å². The van der Waals surface area contributed by atoms with Crippen LogP contribution in [-0.2, 0) is 4.74 Å². The molecule has 0 saturated carbocycles. The molecule has 2 N–H and O–H groups in total. The van der Waals surface area contributed by atoms with Crippen molar-refractivity contribution in [2.75, 3.05) is 13.2 Å². The molecule has 2 unspecified atom stereocenters. The highest BCUT2D eigenvalue weighted by Crippen LogP contribution is 2.19. The predicted molar refractivity (Wildman–Crippen MR) is 32.3 cm³/mol. The zero-order valence-electron chi connectivity index (χ0n) is 5.53. The van der Waals surface area contributed by atoms with Crippen LogP contribution in [-0.4, -0.2) is 41.8 Å². The van der Waals surface area contributed by atoms with Crippen LogP contribution in [0.25, 0.3) is 0 Å². The van der Waals surface area contributed by atoms with E-state index in [1.54, 1.807) is 0 Å². The Morgan fingerprint density at radius 2 is 2.40 bits per heavy atom. The average Bonchev–Trinajstić information content (AvgIpc) is 2.34. The van der Waals surface area contributed by atoms with Gasteiger partial charge in [-0.1, -0.05) is 0 Å². The lowest BCUT2D eigenvalue weighted by Gasteiger charge is -2.16. The fourth-order valence-corrected chi connectivity index (χ4v) is 1.04. The fourth-order valence-electron chi connectivity index (χ4n) is 1.04. The van der Waals surface area contributed by atoms with Crippen LogP contribution < -0.4 is 0 Å². The molecule has 1 aliphatic heterocycles. The lowest BCUT2D eigenvalue weighted by atomic mass is 10.1. The standard InChI is InChI=1S/C6H11FO3/c7-4-1-2-10-6(4)5(9)3-8/h4-6,8-9H,1-3H2/t4-,5?,6?/m1/s1. The van der Waals surface area contributed by atoms with Crippen LogP contribution in [0.1, 0.15) is 6.42 Å². The minimum absolute atomic E-state index is 0.321. The maximum absolute atomic E-state index is 12.6. The molecule has 0 aromatic rings. The molecular formula is C6H11FO3. The molecule has 1 heterocycles. The number of halogens is 1. The first kappa shape index (κ1) is 7.91. The van der Waals surface area contributed by atoms with Gasteiger partial charge in [0.25, 0.3) is 0 Å². The minimum Gasteiger partial charge on any atom is -0.394 e. The van der Waals surface area contributed by atoms with E-state index in [1.165, 1.54) is 0 Å². The Morgan fingerprint density at radius 3 is 2.80 bits per heavy atom. The molecule has 0 aromatic carbocycles. The van der Waals surface area contributed by atoms with Crippen molar-refractivity contribution >= 4 is 0 Å². The quantitative estimate of drug-likeness (QED) is 0.556. The van der Waals surface area contributed by atoms with Crippen LogP contribution in [0.15, 0.2) is 0 Å². The van der Waals surface area contributed by atoms with Gasteiger partial charge in [0.2, 0.25) is 0 Å². The number of hydrogen-bond acceptors (Lipinski definition) is 3. The van der Waals surface area contributed by atoms with Gasteiger partial charge in [0.1, 0.15) is 18.4 Å². The summed E-state index contributed by atoms with van der Waals surface area (Å²) in [5, 5.41) is 17.3. The van der Waals surface area contributed by atoms with Gasteiger partial charge < -0.3 is 14.9 Å². The van der Waals surface area contributed by atoms with Gasteiger partial charge in [-0.3, -0.25) is 0 Å². The van der Waals surface area contributed by atoms with Gasteiger partial charge in [0.05, 0.1) is 13.2 Å². The third kappa shape index (κ3) is 1.45. The Balaban J connectivity index is 2.38. The monoisotopic (exact) mass is 150 g/mol. The Bertz CT molecular complexity index is 109. The summed E-state index contributed by atoms with van der Waals surface area (Å²) in [5.74, 6) is 0. The van der Waals surface area contributed by atoms with E-state index in [9.17, 15) is 4.39 Å². The molecule has 1 aliphatic rings. The number of ether oxygens (including phenoxy) is 1. The normalized spacial score (nSPS) is 36.3. The summed E-state index contributed by atoms with van der Waals surface area (Å²) in [6, 6.07) is 0. The van der Waals surface area contributed by atoms with Gasteiger partial charge in [-0.2, -0.15) is 0 Å². The Hall–Kier alpha value is -0.190. The van der Waals surface area contributed by atoms with E-state index in [0.717, 1.165) is 0 Å². The third-order valence-corrected chi connectivity index (χ3v) is 1.63. The molecule has 0 aliphatic carbocycles. The lowest BCUT2D eigenvalue weighted by Crippen LogP contribution is -2.34. The van der Waals surface area contributed by atoms with Gasteiger partial charge in [0.15, 0.2) is 0 Å². The first-order valence-corrected chi connectivity index (χ1v) is 3.30. The van der Waals surface area contributed by atoms with E-state index in [4.69, 9.17) is 14.9 Å². The van der Waals surface area contributed by atoms with E-state index in [0.29, 0.717) is 13.0 Å². The van der Waals surface area contributed by atoms with Crippen LogP contribution in [0.2, 0.25) is 0 Å². The van der Waals surface area contributed by atoms with E-state index in [2.05, 4.69) is 0 Å². The highest BCUT2D eigenvalue weighted by atomic mass is 19.1. The van der Waals surface area contributed by atoms with Crippen LogP contribution in [0.3, 0.4) is 0 Å². The maximum atomic E-state index is 12.6. The molecule has 1 rings (SSSR count). The molecule has 0 bridgehead atoms. The summed E-state index contributed by atoms with van der Waals surface area (Å²) in [6.07, 6.45) is -2.69. The van der Waals surface area contributed by atoms with E-state index >= 15 is 0 Å². The summed E-state index contributed by atoms with van der Waals surface area (Å²) in [7, 11) is 0. The number of alkyl halides is 1. The molecule has 0 amide bonds. The Labute approximate surface area is 58.4 Å². The summed E-state index contributed by atoms with van der Waals surface area (Å²) < 4.78 is 17.5. The number of hydrogen-bond donors (Lipinski definition) is 2. The van der Waals surface area contributed by atoms with Gasteiger partial charge in [-0.05, 0) is 0 Å². The summed E-state index contributed by atoms with van der Waals surface area (Å²) >= 11 is 0. The van der Waals surface area contributed by atoms with Crippen molar-refractivity contribution in [2.45, 2.75) is 24.8 Å². The number of rotatable bonds is 2. The molecule has 3 atom stereocenters. The van der Waals surface area contributed by atoms with Crippen molar-refractivity contribution in [1.82, 2.24) is 0 Å². The Morgan fingerprint density at radius 1 is 1.70 bits per heavy atom. The molecule has 0 aromatic heterocycles. The molecule has 3 nitrogen and oxygen atoms in total. The molecule has 1 fully saturated rings. The topological polar surface area (TPSA) is 49.7 Å². The van der Waals surface area contributed by atoms with E-state index in [1.807, 2.05) is 0 Å². The molecule has 1 saturated heterocycles. The summed E-state index contributed by atoms with van der Waals surface area (Å²) in [6.45, 7) is -0.103. The molecule has 10 heavy (non-hydrogen) atoms. The molecular weight excluding hydrogens is 139 g/mol. The van der Waals surface area contributed by atoms with Crippen molar-refractivity contribution in [2.24, 2.45) is 0 Å². The van der Waals surface area contributed by atoms with Gasteiger partial charge in [-0.25, -0.2) is 4.39 Å². The van der Waals surface area contributed by atoms with E-state index in [-0.39, 0.29) is 0 Å². The summed E-state index contributed by atoms with van der Waals surface area (Å²) in [4.78, 5) is 0. The minimum atomic E-state index is -1.12. The van der Waals surface area contributed by atoms with Crippen molar-refractivity contribution in [3.63, 3.8) is 0 Å². The smallest absolute Gasteiger partial charge is 0.131 e. The van der Waals surface area contributed by atoms with Gasteiger partial charge in [0, 0.05) is 6.42 Å². The third-order valence-electron chi connectivity index (χ3n) is 1.63. The summed E-state index contributed by atoms with van der Waals surface area (Å²) in [5.41, 5.74) is 0. The second-order valence-corrected chi connectivity index (χ2v) is 2.39. The molecule has 0 spiro atoms. The Kier molecular flexibility index (Phi) is 2.59. The molecule has 60 valence electrons. The zero-order valence-corrected chi connectivity index (χ0v) is 5.53. The first-order chi connectivity index (χ1) is 4.75. The van der Waals surface area contributed by atoms with Gasteiger partial charge in [-0.15, -0.1) is 0 Å². The zero-order chi connectivity index (χ0) is 7.56. The van der Waals surface area contributed by atoms with Crippen LogP contribution in [0, 0.1) is 0 Å². The predicted octanol–water partition coefficient (Wildman–Crippen LogP) is -0.533. The van der Waals surface area contributed by atoms with Crippen molar-refractivity contribution in [1.29, 1.82) is 0 Å². The SMILES string of the molecule is OCC(O)C1OCC[C@H]1F. The average molecular weight is 150 g/mol. The highest BCUT2D eigenvalue weighted by Gasteiger charge is 2.33. The second-order valence-electron chi connectivity index (χ2n) is 2.39. The van der Waals surface area contributed by atoms with Gasteiger partial charge >= 0.3 is 0 Å². The molecule has 4 heteroatoms. The van der Waals surface area contributed by atoms with Crippen LogP contribution in [0.5, 0.6) is 0 Å².